The number of halogens is 1. The highest BCUT2D eigenvalue weighted by Gasteiger charge is 2.39. The largest absolute Gasteiger partial charge is 0.495 e. The summed E-state index contributed by atoms with van der Waals surface area (Å²) in [6.07, 6.45) is 1.24. The minimum atomic E-state index is -0.453. The molecule has 0 saturated carbocycles. The molecular formula is C21H18ClN3O2. The Labute approximate surface area is 162 Å². The molecule has 1 aliphatic heterocycles. The Kier molecular flexibility index (Phi) is 4.46. The molecule has 2 heterocycles. The first kappa shape index (κ1) is 17.4. The molecule has 2 aromatic carbocycles. The molecule has 27 heavy (non-hydrogen) atoms. The standard InChI is InChI=1S/C21H18ClN3O2/c1-13-11-17(18(27-2)12-16(13)22)24-20-19-15(9-6-10-23-19)21(26)25(20)14-7-4-3-5-8-14/h3-12,20,24H,1-2H3/t20-/m0/s1. The zero-order valence-corrected chi connectivity index (χ0v) is 15.7. The van der Waals surface area contributed by atoms with Crippen LogP contribution >= 0.6 is 11.6 Å². The second-order valence-electron chi connectivity index (χ2n) is 6.30. The molecule has 0 bridgehead atoms. The van der Waals surface area contributed by atoms with Crippen molar-refractivity contribution in [3.63, 3.8) is 0 Å². The van der Waals surface area contributed by atoms with E-state index in [0.717, 1.165) is 16.9 Å². The first-order valence-electron chi connectivity index (χ1n) is 8.54. The van der Waals surface area contributed by atoms with Gasteiger partial charge in [0.15, 0.2) is 6.17 Å². The van der Waals surface area contributed by atoms with Crippen molar-refractivity contribution in [2.75, 3.05) is 17.3 Å². The molecule has 5 nitrogen and oxygen atoms in total. The van der Waals surface area contributed by atoms with Gasteiger partial charge in [0.25, 0.3) is 5.91 Å². The van der Waals surface area contributed by atoms with E-state index in [2.05, 4.69) is 10.3 Å². The maximum absolute atomic E-state index is 13.1. The van der Waals surface area contributed by atoms with Gasteiger partial charge in [-0.1, -0.05) is 29.8 Å². The normalized spacial score (nSPS) is 15.6. The third kappa shape index (κ3) is 3.00. The van der Waals surface area contributed by atoms with Crippen LogP contribution in [-0.4, -0.2) is 18.0 Å². The second-order valence-corrected chi connectivity index (χ2v) is 6.70. The first-order valence-corrected chi connectivity index (χ1v) is 8.92. The summed E-state index contributed by atoms with van der Waals surface area (Å²) in [7, 11) is 1.59. The number of para-hydroxylation sites is 1. The van der Waals surface area contributed by atoms with Gasteiger partial charge in [0.05, 0.1) is 24.1 Å². The Morgan fingerprint density at radius 3 is 2.67 bits per heavy atom. The van der Waals surface area contributed by atoms with Gasteiger partial charge in [-0.25, -0.2) is 0 Å². The summed E-state index contributed by atoms with van der Waals surface area (Å²) in [5.41, 5.74) is 3.72. The molecule has 1 atom stereocenters. The molecule has 1 N–H and O–H groups in total. The number of carbonyl (C=O) groups is 1. The number of hydrogen-bond donors (Lipinski definition) is 1. The summed E-state index contributed by atoms with van der Waals surface area (Å²) in [5, 5.41) is 4.05. The minimum Gasteiger partial charge on any atom is -0.495 e. The number of fused-ring (bicyclic) bond motifs is 1. The molecule has 0 radical (unpaired) electrons. The number of aryl methyl sites for hydroxylation is 1. The summed E-state index contributed by atoms with van der Waals surface area (Å²) < 4.78 is 5.48. The predicted molar refractivity (Wildman–Crippen MR) is 107 cm³/mol. The molecule has 0 unspecified atom stereocenters. The topological polar surface area (TPSA) is 54.5 Å². The summed E-state index contributed by atoms with van der Waals surface area (Å²) in [4.78, 5) is 19.2. The Balaban J connectivity index is 1.81. The molecule has 136 valence electrons. The number of benzene rings is 2. The summed E-state index contributed by atoms with van der Waals surface area (Å²) in [5.74, 6) is 0.516. The summed E-state index contributed by atoms with van der Waals surface area (Å²) >= 11 is 6.23. The second kappa shape index (κ2) is 6.93. The van der Waals surface area contributed by atoms with Crippen LogP contribution < -0.4 is 15.0 Å². The highest BCUT2D eigenvalue weighted by molar-refractivity contribution is 6.31. The number of rotatable bonds is 4. The predicted octanol–water partition coefficient (Wildman–Crippen LogP) is 4.82. The van der Waals surface area contributed by atoms with Crippen molar-refractivity contribution in [1.29, 1.82) is 0 Å². The van der Waals surface area contributed by atoms with Crippen molar-refractivity contribution < 1.29 is 9.53 Å². The van der Waals surface area contributed by atoms with Crippen LogP contribution in [-0.2, 0) is 0 Å². The van der Waals surface area contributed by atoms with Crippen LogP contribution in [0.5, 0.6) is 5.75 Å². The Bertz CT molecular complexity index is 1010. The molecule has 0 spiro atoms. The number of ether oxygens (including phenoxy) is 1. The van der Waals surface area contributed by atoms with Gasteiger partial charge in [-0.05, 0) is 42.8 Å². The lowest BCUT2D eigenvalue weighted by molar-refractivity contribution is 0.0993. The van der Waals surface area contributed by atoms with Gasteiger partial charge in [-0.15, -0.1) is 0 Å². The van der Waals surface area contributed by atoms with Gasteiger partial charge >= 0.3 is 0 Å². The molecule has 1 aromatic heterocycles. The SMILES string of the molecule is COc1cc(Cl)c(C)cc1N[C@@H]1c2ncccc2C(=O)N1c1ccccc1. The van der Waals surface area contributed by atoms with Gasteiger partial charge in [-0.2, -0.15) is 0 Å². The van der Waals surface area contributed by atoms with Crippen molar-refractivity contribution in [3.8, 4) is 5.75 Å². The van der Waals surface area contributed by atoms with Gasteiger partial charge in [0, 0.05) is 23.0 Å². The van der Waals surface area contributed by atoms with E-state index in [9.17, 15) is 4.79 Å². The fourth-order valence-corrected chi connectivity index (χ4v) is 3.42. The molecule has 1 aliphatic rings. The number of nitrogens with one attached hydrogen (secondary N) is 1. The highest BCUT2D eigenvalue weighted by atomic mass is 35.5. The van der Waals surface area contributed by atoms with E-state index in [-0.39, 0.29) is 5.91 Å². The molecule has 0 saturated heterocycles. The third-order valence-electron chi connectivity index (χ3n) is 4.61. The summed E-state index contributed by atoms with van der Waals surface area (Å²) in [6.45, 7) is 1.92. The number of amides is 1. The first-order chi connectivity index (χ1) is 13.1. The van der Waals surface area contributed by atoms with Gasteiger partial charge in [0.1, 0.15) is 5.75 Å². The minimum absolute atomic E-state index is 0.0912. The van der Waals surface area contributed by atoms with Crippen LogP contribution in [0.4, 0.5) is 11.4 Å². The van der Waals surface area contributed by atoms with E-state index < -0.39 is 6.17 Å². The van der Waals surface area contributed by atoms with E-state index >= 15 is 0 Å². The lowest BCUT2D eigenvalue weighted by atomic mass is 10.1. The molecule has 0 fully saturated rings. The smallest absolute Gasteiger partial charge is 0.262 e. The number of aromatic nitrogens is 1. The quantitative estimate of drug-likeness (QED) is 0.705. The molecule has 0 aliphatic carbocycles. The van der Waals surface area contributed by atoms with Crippen LogP contribution in [0.15, 0.2) is 60.8 Å². The molecular weight excluding hydrogens is 362 g/mol. The molecule has 4 rings (SSSR count). The Hall–Kier alpha value is -3.05. The van der Waals surface area contributed by atoms with Crippen LogP contribution in [0.1, 0.15) is 27.8 Å². The number of hydrogen-bond acceptors (Lipinski definition) is 4. The number of anilines is 2. The van der Waals surface area contributed by atoms with Gasteiger partial charge in [0.2, 0.25) is 0 Å². The number of methoxy groups -OCH3 is 1. The molecule has 3 aromatic rings. The van der Waals surface area contributed by atoms with Crippen molar-refractivity contribution in [2.45, 2.75) is 13.1 Å². The van der Waals surface area contributed by atoms with Crippen molar-refractivity contribution >= 4 is 28.9 Å². The van der Waals surface area contributed by atoms with Crippen LogP contribution in [0.2, 0.25) is 5.02 Å². The highest BCUT2D eigenvalue weighted by Crippen LogP contribution is 2.39. The van der Waals surface area contributed by atoms with E-state index in [0.29, 0.717) is 22.0 Å². The van der Waals surface area contributed by atoms with Crippen LogP contribution in [0, 0.1) is 6.92 Å². The maximum Gasteiger partial charge on any atom is 0.262 e. The lowest BCUT2D eigenvalue weighted by Crippen LogP contribution is -2.32. The zero-order valence-electron chi connectivity index (χ0n) is 14.9. The Morgan fingerprint density at radius 1 is 1.15 bits per heavy atom. The fourth-order valence-electron chi connectivity index (χ4n) is 3.27. The third-order valence-corrected chi connectivity index (χ3v) is 5.02. The van der Waals surface area contributed by atoms with Crippen molar-refractivity contribution in [1.82, 2.24) is 4.98 Å². The van der Waals surface area contributed by atoms with Gasteiger partial charge in [-0.3, -0.25) is 14.7 Å². The number of carbonyl (C=O) groups excluding carboxylic acids is 1. The number of pyridine rings is 1. The summed E-state index contributed by atoms with van der Waals surface area (Å²) in [6, 6.07) is 16.8. The number of nitrogens with zero attached hydrogens (tertiary/aromatic N) is 2. The average molecular weight is 380 g/mol. The van der Waals surface area contributed by atoms with Crippen LogP contribution in [0.25, 0.3) is 0 Å². The van der Waals surface area contributed by atoms with Gasteiger partial charge < -0.3 is 10.1 Å². The maximum atomic E-state index is 13.1. The van der Waals surface area contributed by atoms with E-state index in [1.807, 2.05) is 43.3 Å². The Morgan fingerprint density at radius 2 is 1.93 bits per heavy atom. The van der Waals surface area contributed by atoms with E-state index in [4.69, 9.17) is 16.3 Å². The lowest BCUT2D eigenvalue weighted by Gasteiger charge is -2.27. The zero-order chi connectivity index (χ0) is 19.0. The average Bonchev–Trinajstić information content (AvgIpc) is 2.97. The van der Waals surface area contributed by atoms with E-state index in [1.54, 1.807) is 36.4 Å². The van der Waals surface area contributed by atoms with Crippen LogP contribution in [0.3, 0.4) is 0 Å². The monoisotopic (exact) mass is 379 g/mol. The molecule has 1 amide bonds. The fraction of sp³-hybridized carbons (Fsp3) is 0.143. The van der Waals surface area contributed by atoms with Crippen molar-refractivity contribution in [3.05, 3.63) is 82.6 Å². The van der Waals surface area contributed by atoms with E-state index in [1.165, 1.54) is 0 Å². The van der Waals surface area contributed by atoms with Crippen molar-refractivity contribution in [2.24, 2.45) is 0 Å². The molecule has 6 heteroatoms.